The van der Waals surface area contributed by atoms with Gasteiger partial charge < -0.3 is 4.74 Å². The molecule has 0 spiro atoms. The van der Waals surface area contributed by atoms with Gasteiger partial charge in [0.05, 0.1) is 23.1 Å². The van der Waals surface area contributed by atoms with Crippen LogP contribution in [0.3, 0.4) is 0 Å². The van der Waals surface area contributed by atoms with Gasteiger partial charge in [-0.15, -0.1) is 0 Å². The van der Waals surface area contributed by atoms with Gasteiger partial charge in [-0.25, -0.2) is 9.69 Å². The zero-order valence-electron chi connectivity index (χ0n) is 16.1. The van der Waals surface area contributed by atoms with Crippen LogP contribution < -0.4 is 9.64 Å². The van der Waals surface area contributed by atoms with E-state index in [0.717, 1.165) is 24.8 Å². The lowest BCUT2D eigenvalue weighted by molar-refractivity contribution is -0.122. The fraction of sp³-hybridized carbons (Fsp3) is 0.348. The van der Waals surface area contributed by atoms with Crippen molar-refractivity contribution < 1.29 is 19.1 Å². The number of imide groups is 1. The molecule has 1 saturated carbocycles. The van der Waals surface area contributed by atoms with E-state index in [9.17, 15) is 14.4 Å². The van der Waals surface area contributed by atoms with Crippen LogP contribution in [0, 0.1) is 24.7 Å². The molecule has 28 heavy (non-hydrogen) atoms. The molecule has 0 radical (unpaired) electrons. The summed E-state index contributed by atoms with van der Waals surface area (Å²) in [5.74, 6) is -0.421. The Hall–Kier alpha value is -2.95. The first kappa shape index (κ1) is 18.4. The molecule has 1 heterocycles. The number of esters is 1. The number of aryl methyl sites for hydroxylation is 1. The Labute approximate surface area is 164 Å². The summed E-state index contributed by atoms with van der Waals surface area (Å²) in [7, 11) is 0. The van der Waals surface area contributed by atoms with Crippen molar-refractivity contribution in [1.29, 1.82) is 0 Å². The fourth-order valence-corrected chi connectivity index (χ4v) is 4.19. The molecule has 2 aliphatic rings. The van der Waals surface area contributed by atoms with Crippen LogP contribution in [0.2, 0.25) is 0 Å². The summed E-state index contributed by atoms with van der Waals surface area (Å²) in [6.45, 7) is 4.07. The maximum Gasteiger partial charge on any atom is 0.343 e. The molecule has 0 aromatic heterocycles. The minimum Gasteiger partial charge on any atom is -0.423 e. The first-order valence-corrected chi connectivity index (χ1v) is 9.71. The van der Waals surface area contributed by atoms with E-state index in [1.807, 2.05) is 19.1 Å². The number of rotatable bonds is 3. The quantitative estimate of drug-likeness (QED) is 0.458. The largest absolute Gasteiger partial charge is 0.423 e. The summed E-state index contributed by atoms with van der Waals surface area (Å²) >= 11 is 0. The van der Waals surface area contributed by atoms with Gasteiger partial charge in [-0.05, 0) is 56.4 Å². The molecular weight excluding hydrogens is 354 g/mol. The Kier molecular flexibility index (Phi) is 4.75. The molecule has 0 bridgehead atoms. The smallest absolute Gasteiger partial charge is 0.343 e. The van der Waals surface area contributed by atoms with Crippen LogP contribution in [0.15, 0.2) is 48.5 Å². The van der Waals surface area contributed by atoms with Crippen LogP contribution in [0.25, 0.3) is 0 Å². The van der Waals surface area contributed by atoms with E-state index in [0.29, 0.717) is 22.9 Å². The molecule has 3 atom stereocenters. The number of hydrogen-bond donors (Lipinski definition) is 0. The molecule has 2 fully saturated rings. The van der Waals surface area contributed by atoms with Crippen molar-refractivity contribution in [2.75, 3.05) is 4.90 Å². The number of carbonyl (C=O) groups excluding carboxylic acids is 3. The van der Waals surface area contributed by atoms with Crippen LogP contribution >= 0.6 is 0 Å². The summed E-state index contributed by atoms with van der Waals surface area (Å²) in [5, 5.41) is 0. The van der Waals surface area contributed by atoms with Crippen molar-refractivity contribution in [3.8, 4) is 5.75 Å². The van der Waals surface area contributed by atoms with E-state index >= 15 is 0 Å². The number of carbonyl (C=O) groups is 3. The van der Waals surface area contributed by atoms with Crippen molar-refractivity contribution in [3.63, 3.8) is 0 Å². The maximum absolute atomic E-state index is 12.9. The Morgan fingerprint density at radius 3 is 2.46 bits per heavy atom. The average Bonchev–Trinajstić information content (AvgIpc) is 2.92. The van der Waals surface area contributed by atoms with Gasteiger partial charge in [-0.2, -0.15) is 0 Å². The minimum absolute atomic E-state index is 0.135. The van der Waals surface area contributed by atoms with E-state index in [1.54, 1.807) is 36.4 Å². The highest BCUT2D eigenvalue weighted by molar-refractivity contribution is 6.22. The Bertz CT molecular complexity index is 934. The average molecular weight is 377 g/mol. The minimum atomic E-state index is -0.473. The van der Waals surface area contributed by atoms with Gasteiger partial charge in [-0.1, -0.05) is 30.7 Å². The third kappa shape index (κ3) is 3.33. The summed E-state index contributed by atoms with van der Waals surface area (Å²) < 4.78 is 5.46. The molecule has 1 aliphatic heterocycles. The topological polar surface area (TPSA) is 63.7 Å². The molecule has 4 rings (SSSR count). The molecule has 0 unspecified atom stereocenters. The predicted molar refractivity (Wildman–Crippen MR) is 105 cm³/mol. The SMILES string of the molecule is Cc1ccc(C(=O)Oc2cccc(N3C(=O)[C@@H]4CC[C@@H](C)C[C@H]4C3=O)c2)cc1. The van der Waals surface area contributed by atoms with Gasteiger partial charge in [0.25, 0.3) is 0 Å². The summed E-state index contributed by atoms with van der Waals surface area (Å²) in [5.41, 5.74) is 1.97. The molecule has 5 heteroatoms. The number of hydrogen-bond acceptors (Lipinski definition) is 4. The van der Waals surface area contributed by atoms with E-state index in [1.165, 1.54) is 4.90 Å². The Balaban J connectivity index is 1.55. The van der Waals surface area contributed by atoms with Crippen LogP contribution in [0.4, 0.5) is 5.69 Å². The molecule has 2 aromatic rings. The first-order chi connectivity index (χ1) is 13.4. The number of anilines is 1. The highest BCUT2D eigenvalue weighted by Crippen LogP contribution is 2.42. The van der Waals surface area contributed by atoms with Crippen LogP contribution in [-0.4, -0.2) is 17.8 Å². The molecular formula is C23H23NO4. The van der Waals surface area contributed by atoms with Gasteiger partial charge >= 0.3 is 5.97 Å². The number of fused-ring (bicyclic) bond motifs is 1. The van der Waals surface area contributed by atoms with Gasteiger partial charge in [-0.3, -0.25) is 9.59 Å². The number of benzene rings is 2. The Morgan fingerprint density at radius 2 is 1.71 bits per heavy atom. The van der Waals surface area contributed by atoms with Gasteiger partial charge in [0.15, 0.2) is 0 Å². The van der Waals surface area contributed by atoms with E-state index in [-0.39, 0.29) is 23.7 Å². The van der Waals surface area contributed by atoms with Crippen molar-refractivity contribution in [2.45, 2.75) is 33.1 Å². The van der Waals surface area contributed by atoms with Crippen molar-refractivity contribution in [1.82, 2.24) is 0 Å². The van der Waals surface area contributed by atoms with Crippen LogP contribution in [0.1, 0.15) is 42.1 Å². The molecule has 0 N–H and O–H groups in total. The van der Waals surface area contributed by atoms with E-state index < -0.39 is 5.97 Å². The molecule has 2 aromatic carbocycles. The van der Waals surface area contributed by atoms with Crippen LogP contribution in [-0.2, 0) is 9.59 Å². The van der Waals surface area contributed by atoms with Crippen LogP contribution in [0.5, 0.6) is 5.75 Å². The Morgan fingerprint density at radius 1 is 1.00 bits per heavy atom. The predicted octanol–water partition coefficient (Wildman–Crippen LogP) is 4.14. The lowest BCUT2D eigenvalue weighted by Gasteiger charge is -2.25. The first-order valence-electron chi connectivity index (χ1n) is 9.71. The van der Waals surface area contributed by atoms with E-state index in [2.05, 4.69) is 6.92 Å². The third-order valence-corrected chi connectivity index (χ3v) is 5.76. The lowest BCUT2D eigenvalue weighted by Crippen LogP contribution is -2.30. The molecule has 1 aliphatic carbocycles. The second kappa shape index (κ2) is 7.23. The highest BCUT2D eigenvalue weighted by atomic mass is 16.5. The second-order valence-electron chi connectivity index (χ2n) is 7.90. The van der Waals surface area contributed by atoms with Crippen molar-refractivity contribution in [2.24, 2.45) is 17.8 Å². The standard InChI is InChI=1S/C23H23NO4/c1-14-6-9-16(10-7-14)23(27)28-18-5-3-4-17(13-18)24-21(25)19-11-8-15(2)12-20(19)22(24)26/h3-7,9-10,13,15,19-20H,8,11-12H2,1-2H3/t15-,19-,20-/m1/s1. The number of amides is 2. The van der Waals surface area contributed by atoms with Gasteiger partial charge in [0, 0.05) is 6.07 Å². The van der Waals surface area contributed by atoms with Crippen molar-refractivity contribution >= 4 is 23.5 Å². The third-order valence-electron chi connectivity index (χ3n) is 5.76. The monoisotopic (exact) mass is 377 g/mol. The van der Waals surface area contributed by atoms with Crippen molar-refractivity contribution in [3.05, 3.63) is 59.7 Å². The normalized spacial score (nSPS) is 24.2. The molecule has 5 nitrogen and oxygen atoms in total. The number of nitrogens with zero attached hydrogens (tertiary/aromatic N) is 1. The number of ether oxygens (including phenoxy) is 1. The van der Waals surface area contributed by atoms with E-state index in [4.69, 9.17) is 4.74 Å². The lowest BCUT2D eigenvalue weighted by atomic mass is 9.76. The summed E-state index contributed by atoms with van der Waals surface area (Å²) in [6.07, 6.45) is 2.49. The highest BCUT2D eigenvalue weighted by Gasteiger charge is 2.50. The molecule has 2 amide bonds. The molecule has 1 saturated heterocycles. The zero-order valence-corrected chi connectivity index (χ0v) is 16.1. The molecule has 144 valence electrons. The van der Waals surface area contributed by atoms with Gasteiger partial charge in [0.2, 0.25) is 11.8 Å². The maximum atomic E-state index is 12.9. The second-order valence-corrected chi connectivity index (χ2v) is 7.90. The fourth-order valence-electron chi connectivity index (χ4n) is 4.19. The zero-order chi connectivity index (χ0) is 19.8. The summed E-state index contributed by atoms with van der Waals surface area (Å²) in [4.78, 5) is 39.4. The summed E-state index contributed by atoms with van der Waals surface area (Å²) in [6, 6.07) is 13.7. The van der Waals surface area contributed by atoms with Gasteiger partial charge in [0.1, 0.15) is 5.75 Å².